The van der Waals surface area contributed by atoms with Crippen molar-refractivity contribution in [3.8, 4) is 0 Å². The molecule has 5 heteroatoms. The third-order valence-electron chi connectivity index (χ3n) is 4.70. The molecule has 2 aromatic heterocycles. The monoisotopic (exact) mass is 322 g/mol. The summed E-state index contributed by atoms with van der Waals surface area (Å²) < 4.78 is 8.15. The van der Waals surface area contributed by atoms with Gasteiger partial charge in [-0.15, -0.1) is 0 Å². The van der Waals surface area contributed by atoms with Crippen molar-refractivity contribution in [3.05, 3.63) is 65.4 Å². The molecule has 0 N–H and O–H groups in total. The Morgan fingerprint density at radius 1 is 1.25 bits per heavy atom. The maximum atomic E-state index is 6.05. The molecule has 0 radical (unpaired) electrons. The van der Waals surface area contributed by atoms with E-state index in [1.165, 1.54) is 22.4 Å². The first-order valence-electron chi connectivity index (χ1n) is 8.38. The number of rotatable bonds is 3. The summed E-state index contributed by atoms with van der Waals surface area (Å²) in [6.07, 6.45) is 7.65. The van der Waals surface area contributed by atoms with Gasteiger partial charge in [0.15, 0.2) is 5.65 Å². The largest absolute Gasteiger partial charge is 0.371 e. The Balaban J connectivity index is 1.52. The molecule has 0 spiro atoms. The van der Waals surface area contributed by atoms with Gasteiger partial charge in [0, 0.05) is 32.0 Å². The Labute approximate surface area is 141 Å². The summed E-state index contributed by atoms with van der Waals surface area (Å²) in [5, 5.41) is 0. The number of hydrogen-bond donors (Lipinski definition) is 0. The van der Waals surface area contributed by atoms with E-state index >= 15 is 0 Å². The van der Waals surface area contributed by atoms with E-state index in [9.17, 15) is 0 Å². The third-order valence-corrected chi connectivity index (χ3v) is 4.70. The Hall–Kier alpha value is -2.24. The summed E-state index contributed by atoms with van der Waals surface area (Å²) in [5.74, 6) is 0. The predicted molar refractivity (Wildman–Crippen MR) is 92.9 cm³/mol. The number of aromatic nitrogens is 3. The normalized spacial score (nSPS) is 19.0. The van der Waals surface area contributed by atoms with Crippen molar-refractivity contribution >= 4 is 5.65 Å². The zero-order chi connectivity index (χ0) is 16.5. The number of aryl methyl sites for hydroxylation is 2. The SMILES string of the molecule is Cc1ccc(C2CN(Cc3cnc4cnccn34)CCO2)c(C)c1. The molecule has 0 amide bonds. The highest BCUT2D eigenvalue weighted by atomic mass is 16.5. The second-order valence-electron chi connectivity index (χ2n) is 6.51. The summed E-state index contributed by atoms with van der Waals surface area (Å²) in [7, 11) is 0. The van der Waals surface area contributed by atoms with E-state index in [0.717, 1.165) is 31.9 Å². The summed E-state index contributed by atoms with van der Waals surface area (Å²) in [6, 6.07) is 6.61. The Bertz CT molecular complexity index is 857. The van der Waals surface area contributed by atoms with Crippen molar-refractivity contribution in [2.45, 2.75) is 26.5 Å². The highest BCUT2D eigenvalue weighted by Gasteiger charge is 2.24. The topological polar surface area (TPSA) is 42.7 Å². The fourth-order valence-corrected chi connectivity index (χ4v) is 3.46. The van der Waals surface area contributed by atoms with Gasteiger partial charge >= 0.3 is 0 Å². The Kier molecular flexibility index (Phi) is 4.04. The molecule has 24 heavy (non-hydrogen) atoms. The van der Waals surface area contributed by atoms with Crippen LogP contribution in [0.25, 0.3) is 5.65 Å². The fraction of sp³-hybridized carbons (Fsp3) is 0.368. The van der Waals surface area contributed by atoms with E-state index in [2.05, 4.69) is 51.3 Å². The van der Waals surface area contributed by atoms with Crippen molar-refractivity contribution in [3.63, 3.8) is 0 Å². The molecule has 1 aliphatic rings. The van der Waals surface area contributed by atoms with Gasteiger partial charge in [-0.05, 0) is 25.0 Å². The van der Waals surface area contributed by atoms with Gasteiger partial charge in [0.25, 0.3) is 0 Å². The first kappa shape index (κ1) is 15.3. The molecule has 1 aliphatic heterocycles. The van der Waals surface area contributed by atoms with Crippen LogP contribution in [0.1, 0.15) is 28.5 Å². The molecule has 3 heterocycles. The molecule has 1 aromatic carbocycles. The minimum Gasteiger partial charge on any atom is -0.371 e. The Morgan fingerprint density at radius 2 is 2.17 bits per heavy atom. The number of fused-ring (bicyclic) bond motifs is 1. The summed E-state index contributed by atoms with van der Waals surface area (Å²) in [6.45, 7) is 7.78. The minimum absolute atomic E-state index is 0.139. The van der Waals surface area contributed by atoms with Crippen molar-refractivity contribution in [2.75, 3.05) is 19.7 Å². The van der Waals surface area contributed by atoms with Crippen LogP contribution < -0.4 is 0 Å². The maximum absolute atomic E-state index is 6.05. The molecule has 5 nitrogen and oxygen atoms in total. The molecule has 3 aromatic rings. The maximum Gasteiger partial charge on any atom is 0.155 e. The van der Waals surface area contributed by atoms with Crippen LogP contribution in [-0.4, -0.2) is 39.0 Å². The molecule has 124 valence electrons. The van der Waals surface area contributed by atoms with Crippen molar-refractivity contribution in [2.24, 2.45) is 0 Å². The van der Waals surface area contributed by atoms with Gasteiger partial charge < -0.3 is 4.74 Å². The summed E-state index contributed by atoms with van der Waals surface area (Å²) >= 11 is 0. The highest BCUT2D eigenvalue weighted by molar-refractivity contribution is 5.37. The fourth-order valence-electron chi connectivity index (χ4n) is 3.46. The first-order valence-corrected chi connectivity index (χ1v) is 8.38. The molecule has 0 aliphatic carbocycles. The zero-order valence-electron chi connectivity index (χ0n) is 14.1. The van der Waals surface area contributed by atoms with Gasteiger partial charge in [0.05, 0.1) is 30.8 Å². The van der Waals surface area contributed by atoms with Gasteiger partial charge in [0.1, 0.15) is 0 Å². The lowest BCUT2D eigenvalue weighted by Crippen LogP contribution is -2.38. The number of ether oxygens (including phenoxy) is 1. The van der Waals surface area contributed by atoms with Gasteiger partial charge in [-0.25, -0.2) is 4.98 Å². The van der Waals surface area contributed by atoms with E-state index in [0.29, 0.717) is 0 Å². The summed E-state index contributed by atoms with van der Waals surface area (Å²) in [4.78, 5) is 11.0. The van der Waals surface area contributed by atoms with Crippen LogP contribution in [0.3, 0.4) is 0 Å². The molecule has 1 unspecified atom stereocenters. The van der Waals surface area contributed by atoms with Crippen LogP contribution in [0.5, 0.6) is 0 Å². The number of nitrogens with zero attached hydrogens (tertiary/aromatic N) is 4. The minimum atomic E-state index is 0.139. The van der Waals surface area contributed by atoms with Crippen LogP contribution in [0, 0.1) is 13.8 Å². The predicted octanol–water partition coefficient (Wildman–Crippen LogP) is 2.92. The number of benzene rings is 1. The molecule has 1 fully saturated rings. The van der Waals surface area contributed by atoms with E-state index in [-0.39, 0.29) is 6.10 Å². The molecule has 0 saturated carbocycles. The number of hydrogen-bond acceptors (Lipinski definition) is 4. The molecular weight excluding hydrogens is 300 g/mol. The molecule has 0 bridgehead atoms. The second-order valence-corrected chi connectivity index (χ2v) is 6.51. The average Bonchev–Trinajstić information content (AvgIpc) is 2.98. The van der Waals surface area contributed by atoms with Crippen molar-refractivity contribution in [1.82, 2.24) is 19.3 Å². The van der Waals surface area contributed by atoms with E-state index in [1.807, 2.05) is 12.4 Å². The van der Waals surface area contributed by atoms with Gasteiger partial charge in [0.2, 0.25) is 0 Å². The number of morpholine rings is 1. The lowest BCUT2D eigenvalue weighted by molar-refractivity contribution is -0.0336. The lowest BCUT2D eigenvalue weighted by atomic mass is 10.00. The summed E-state index contributed by atoms with van der Waals surface area (Å²) in [5.41, 5.74) is 5.99. The zero-order valence-corrected chi connectivity index (χ0v) is 14.1. The second kappa shape index (κ2) is 6.34. The molecule has 4 rings (SSSR count). The van der Waals surface area contributed by atoms with Crippen LogP contribution >= 0.6 is 0 Å². The molecule has 1 saturated heterocycles. The van der Waals surface area contributed by atoms with Gasteiger partial charge in [-0.1, -0.05) is 23.8 Å². The van der Waals surface area contributed by atoms with E-state index in [1.54, 1.807) is 12.4 Å². The highest BCUT2D eigenvalue weighted by Crippen LogP contribution is 2.26. The van der Waals surface area contributed by atoms with Crippen LogP contribution in [0.4, 0.5) is 0 Å². The lowest BCUT2D eigenvalue weighted by Gasteiger charge is -2.33. The van der Waals surface area contributed by atoms with Crippen LogP contribution in [0.15, 0.2) is 43.0 Å². The van der Waals surface area contributed by atoms with Crippen LogP contribution in [-0.2, 0) is 11.3 Å². The van der Waals surface area contributed by atoms with Crippen LogP contribution in [0.2, 0.25) is 0 Å². The third kappa shape index (κ3) is 2.92. The number of imidazole rings is 1. The van der Waals surface area contributed by atoms with E-state index < -0.39 is 0 Å². The van der Waals surface area contributed by atoms with Crippen molar-refractivity contribution < 1.29 is 4.74 Å². The first-order chi connectivity index (χ1) is 11.7. The van der Waals surface area contributed by atoms with Gasteiger partial charge in [-0.2, -0.15) is 0 Å². The smallest absolute Gasteiger partial charge is 0.155 e. The molecule has 1 atom stereocenters. The Morgan fingerprint density at radius 3 is 3.04 bits per heavy atom. The van der Waals surface area contributed by atoms with Gasteiger partial charge in [-0.3, -0.25) is 14.3 Å². The average molecular weight is 322 g/mol. The van der Waals surface area contributed by atoms with E-state index in [4.69, 9.17) is 4.74 Å². The quantitative estimate of drug-likeness (QED) is 0.743. The standard InChI is InChI=1S/C19H22N4O/c1-14-3-4-17(15(2)9-14)18-13-22(7-8-24-18)12-16-10-21-19-11-20-5-6-23(16)19/h3-6,9-11,18H,7-8,12-13H2,1-2H3. The van der Waals surface area contributed by atoms with Crippen molar-refractivity contribution in [1.29, 1.82) is 0 Å². The molecular formula is C19H22N4O.